The van der Waals surface area contributed by atoms with Crippen LogP contribution in [0.15, 0.2) is 24.3 Å². The number of hydrogen-bond acceptors (Lipinski definition) is 4. The van der Waals surface area contributed by atoms with Gasteiger partial charge in [-0.1, -0.05) is 38.8 Å². The molecular weight excluding hydrogens is 302 g/mol. The number of nitro benzene ring substituents is 1. The summed E-state index contributed by atoms with van der Waals surface area (Å²) in [7, 11) is 0. The average molecular weight is 325 g/mol. The Labute approximate surface area is 135 Å². The van der Waals surface area contributed by atoms with Gasteiger partial charge in [-0.3, -0.25) is 19.7 Å². The Hall–Kier alpha value is -2.44. The van der Waals surface area contributed by atoms with Gasteiger partial charge in [0.05, 0.1) is 10.8 Å². The molecule has 0 heterocycles. The van der Waals surface area contributed by atoms with Gasteiger partial charge in [0.2, 0.25) is 0 Å². The van der Waals surface area contributed by atoms with Gasteiger partial charge in [0.15, 0.2) is 0 Å². The minimum atomic E-state index is -0.893. The van der Waals surface area contributed by atoms with E-state index >= 15 is 0 Å². The van der Waals surface area contributed by atoms with E-state index in [1.54, 1.807) is 0 Å². The molecule has 23 heavy (non-hydrogen) atoms. The minimum Gasteiger partial charge on any atom is -0.481 e. The van der Waals surface area contributed by atoms with Crippen molar-refractivity contribution in [2.45, 2.75) is 51.9 Å². The number of unbranched alkanes of at least 4 members (excludes halogenated alkanes) is 1. The summed E-state index contributed by atoms with van der Waals surface area (Å²) in [5.74, 6) is -2.16. The number of nitro groups is 1. The fourth-order valence-electron chi connectivity index (χ4n) is 1.88. The standard InChI is InChI=1S/C11H13NO4.C5H10O2/c1-2-3-10(11(13)14)8-4-6-9(7-5-8)12(15)16;1-2-3-4-5(6)7/h4-7,10H,2-3H2,1H3,(H,13,14);2-4H2,1H3,(H,6,7). The first kappa shape index (κ1) is 20.6. The number of carbonyl (C=O) groups is 2. The Morgan fingerprint density at radius 2 is 1.70 bits per heavy atom. The molecule has 1 rings (SSSR count). The minimum absolute atomic E-state index is 0.0237. The SMILES string of the molecule is CCCC(C(=O)O)c1ccc([N+](=O)[O-])cc1.CCCCC(=O)O. The molecule has 2 N–H and O–H groups in total. The summed E-state index contributed by atoms with van der Waals surface area (Å²) in [6.45, 7) is 3.88. The molecule has 0 spiro atoms. The van der Waals surface area contributed by atoms with Gasteiger partial charge in [-0.15, -0.1) is 0 Å². The summed E-state index contributed by atoms with van der Waals surface area (Å²) in [5.41, 5.74) is 0.587. The van der Waals surface area contributed by atoms with Gasteiger partial charge in [0, 0.05) is 18.6 Å². The predicted molar refractivity (Wildman–Crippen MR) is 85.5 cm³/mol. The highest BCUT2D eigenvalue weighted by Crippen LogP contribution is 2.23. The van der Waals surface area contributed by atoms with E-state index in [0.717, 1.165) is 19.3 Å². The van der Waals surface area contributed by atoms with Crippen LogP contribution in [0.3, 0.4) is 0 Å². The number of aliphatic carboxylic acids is 2. The zero-order chi connectivity index (χ0) is 17.8. The van der Waals surface area contributed by atoms with Gasteiger partial charge in [-0.2, -0.15) is 0 Å². The van der Waals surface area contributed by atoms with Crippen molar-refractivity contribution in [3.63, 3.8) is 0 Å². The normalized spacial score (nSPS) is 11.0. The van der Waals surface area contributed by atoms with E-state index < -0.39 is 22.8 Å². The first-order valence-electron chi connectivity index (χ1n) is 7.52. The first-order chi connectivity index (χ1) is 10.8. The van der Waals surface area contributed by atoms with Gasteiger partial charge in [-0.25, -0.2) is 0 Å². The maximum atomic E-state index is 11.0. The third-order valence-electron chi connectivity index (χ3n) is 3.13. The molecule has 7 nitrogen and oxygen atoms in total. The summed E-state index contributed by atoms with van der Waals surface area (Å²) in [4.78, 5) is 30.7. The lowest BCUT2D eigenvalue weighted by molar-refractivity contribution is -0.384. The zero-order valence-corrected chi connectivity index (χ0v) is 13.4. The number of carboxylic acids is 2. The summed E-state index contributed by atoms with van der Waals surface area (Å²) < 4.78 is 0. The first-order valence-corrected chi connectivity index (χ1v) is 7.52. The smallest absolute Gasteiger partial charge is 0.310 e. The lowest BCUT2D eigenvalue weighted by Gasteiger charge is -2.10. The van der Waals surface area contributed by atoms with Crippen molar-refractivity contribution < 1.29 is 24.7 Å². The summed E-state index contributed by atoms with van der Waals surface area (Å²) in [5, 5.41) is 27.5. The highest BCUT2D eigenvalue weighted by atomic mass is 16.6. The molecule has 1 aromatic carbocycles. The van der Waals surface area contributed by atoms with Crippen LogP contribution in [0.5, 0.6) is 0 Å². The number of non-ortho nitro benzene ring substituents is 1. The Kier molecular flexibility index (Phi) is 9.99. The van der Waals surface area contributed by atoms with E-state index in [4.69, 9.17) is 10.2 Å². The van der Waals surface area contributed by atoms with Crippen LogP contribution in [0.25, 0.3) is 0 Å². The molecule has 7 heteroatoms. The number of benzene rings is 1. The highest BCUT2D eigenvalue weighted by Gasteiger charge is 2.19. The lowest BCUT2D eigenvalue weighted by Crippen LogP contribution is -2.11. The predicted octanol–water partition coefficient (Wildman–Crippen LogP) is 3.82. The molecule has 1 aromatic rings. The number of rotatable bonds is 8. The maximum Gasteiger partial charge on any atom is 0.310 e. The van der Waals surface area contributed by atoms with Crippen molar-refractivity contribution >= 4 is 17.6 Å². The highest BCUT2D eigenvalue weighted by molar-refractivity contribution is 5.76. The van der Waals surface area contributed by atoms with E-state index in [2.05, 4.69) is 0 Å². The molecule has 1 atom stereocenters. The van der Waals surface area contributed by atoms with Gasteiger partial charge < -0.3 is 10.2 Å². The fourth-order valence-corrected chi connectivity index (χ4v) is 1.88. The van der Waals surface area contributed by atoms with E-state index in [1.807, 2.05) is 13.8 Å². The van der Waals surface area contributed by atoms with Crippen molar-refractivity contribution in [2.24, 2.45) is 0 Å². The van der Waals surface area contributed by atoms with Crippen molar-refractivity contribution in [2.75, 3.05) is 0 Å². The van der Waals surface area contributed by atoms with Gasteiger partial charge >= 0.3 is 11.9 Å². The van der Waals surface area contributed by atoms with Crippen LogP contribution >= 0.6 is 0 Å². The molecule has 0 aromatic heterocycles. The zero-order valence-electron chi connectivity index (χ0n) is 13.4. The van der Waals surface area contributed by atoms with Crippen LogP contribution in [0.4, 0.5) is 5.69 Å². The summed E-state index contributed by atoms with van der Waals surface area (Å²) >= 11 is 0. The van der Waals surface area contributed by atoms with Crippen molar-refractivity contribution in [1.29, 1.82) is 0 Å². The number of hydrogen-bond donors (Lipinski definition) is 2. The third kappa shape index (κ3) is 8.55. The number of nitrogens with zero attached hydrogens (tertiary/aromatic N) is 1. The summed E-state index contributed by atoms with van der Waals surface area (Å²) in [6.07, 6.45) is 3.37. The lowest BCUT2D eigenvalue weighted by atomic mass is 9.94. The van der Waals surface area contributed by atoms with Crippen LogP contribution < -0.4 is 0 Å². The molecule has 0 aliphatic carbocycles. The average Bonchev–Trinajstić information content (AvgIpc) is 2.51. The van der Waals surface area contributed by atoms with Gasteiger partial charge in [0.1, 0.15) is 0 Å². The van der Waals surface area contributed by atoms with Crippen LogP contribution in [0, 0.1) is 10.1 Å². The van der Waals surface area contributed by atoms with Gasteiger partial charge in [-0.05, 0) is 18.4 Å². The second-order valence-electron chi connectivity index (χ2n) is 5.03. The maximum absolute atomic E-state index is 11.0. The third-order valence-corrected chi connectivity index (χ3v) is 3.13. The molecule has 0 saturated heterocycles. The monoisotopic (exact) mass is 325 g/mol. The molecule has 1 unspecified atom stereocenters. The van der Waals surface area contributed by atoms with Gasteiger partial charge in [0.25, 0.3) is 5.69 Å². The second-order valence-corrected chi connectivity index (χ2v) is 5.03. The molecule has 128 valence electrons. The van der Waals surface area contributed by atoms with Crippen LogP contribution in [-0.2, 0) is 9.59 Å². The van der Waals surface area contributed by atoms with Crippen molar-refractivity contribution in [1.82, 2.24) is 0 Å². The van der Waals surface area contributed by atoms with Crippen LogP contribution in [0.2, 0.25) is 0 Å². The fraction of sp³-hybridized carbons (Fsp3) is 0.500. The van der Waals surface area contributed by atoms with E-state index in [-0.39, 0.29) is 5.69 Å². The van der Waals surface area contributed by atoms with E-state index in [9.17, 15) is 19.7 Å². The largest absolute Gasteiger partial charge is 0.481 e. The molecule has 0 amide bonds. The molecule has 0 bridgehead atoms. The van der Waals surface area contributed by atoms with E-state index in [1.165, 1.54) is 24.3 Å². The summed E-state index contributed by atoms with van der Waals surface area (Å²) in [6, 6.07) is 5.68. The van der Waals surface area contributed by atoms with Crippen molar-refractivity contribution in [3.8, 4) is 0 Å². The molecule has 0 aliphatic heterocycles. The Morgan fingerprint density at radius 1 is 1.13 bits per heavy atom. The second kappa shape index (κ2) is 11.2. The van der Waals surface area contributed by atoms with Crippen LogP contribution in [0.1, 0.15) is 57.4 Å². The van der Waals surface area contributed by atoms with E-state index in [0.29, 0.717) is 18.4 Å². The Balaban J connectivity index is 0.000000585. The van der Waals surface area contributed by atoms with Crippen molar-refractivity contribution in [3.05, 3.63) is 39.9 Å². The number of carboxylic acid groups (broad SMARTS) is 2. The molecule has 0 aliphatic rings. The Morgan fingerprint density at radius 3 is 2.00 bits per heavy atom. The molecule has 0 fully saturated rings. The topological polar surface area (TPSA) is 118 Å². The molecular formula is C16H23NO6. The molecule has 0 radical (unpaired) electrons. The Bertz CT molecular complexity index is 512. The van der Waals surface area contributed by atoms with Crippen LogP contribution in [-0.4, -0.2) is 27.1 Å². The molecule has 0 saturated carbocycles. The quantitative estimate of drug-likeness (QED) is 0.554.